The van der Waals surface area contributed by atoms with E-state index in [1.165, 1.54) is 7.11 Å². The Labute approximate surface area is 99.6 Å². The van der Waals surface area contributed by atoms with Crippen molar-refractivity contribution in [2.45, 2.75) is 30.5 Å². The van der Waals surface area contributed by atoms with Crippen LogP contribution in [-0.4, -0.2) is 23.3 Å². The molecule has 1 aromatic heterocycles. The molecular weight excluding hydrogens is 224 g/mol. The van der Waals surface area contributed by atoms with Gasteiger partial charge in [0.2, 0.25) is 0 Å². The van der Waals surface area contributed by atoms with Gasteiger partial charge in [0.1, 0.15) is 5.03 Å². The quantitative estimate of drug-likeness (QED) is 0.646. The van der Waals surface area contributed by atoms with Crippen LogP contribution >= 0.6 is 11.8 Å². The van der Waals surface area contributed by atoms with Crippen molar-refractivity contribution in [1.29, 1.82) is 0 Å². The van der Waals surface area contributed by atoms with Gasteiger partial charge in [-0.15, -0.1) is 11.8 Å². The largest absolute Gasteiger partial charge is 0.465 e. The summed E-state index contributed by atoms with van der Waals surface area (Å²) >= 11 is 1.57. The Bertz CT molecular complexity index is 382. The number of hydrogen-bond acceptors (Lipinski definition) is 5. The van der Waals surface area contributed by atoms with Gasteiger partial charge in [-0.25, -0.2) is 9.78 Å². The van der Waals surface area contributed by atoms with Crippen LogP contribution in [-0.2, 0) is 4.74 Å². The van der Waals surface area contributed by atoms with E-state index in [1.807, 2.05) is 0 Å². The number of hydrogen-bond donors (Lipinski definition) is 1. The first-order valence-electron chi connectivity index (χ1n) is 5.09. The monoisotopic (exact) mass is 240 g/mol. The maximum Gasteiger partial charge on any atom is 0.340 e. The van der Waals surface area contributed by atoms with Crippen molar-refractivity contribution in [1.82, 2.24) is 4.98 Å². The molecular formula is C11H16N2O2S. The van der Waals surface area contributed by atoms with E-state index in [1.54, 1.807) is 24.0 Å². The van der Waals surface area contributed by atoms with Crippen molar-refractivity contribution in [2.24, 2.45) is 0 Å². The zero-order valence-electron chi connectivity index (χ0n) is 9.69. The summed E-state index contributed by atoms with van der Waals surface area (Å²) in [5, 5.41) is 1.11. The van der Waals surface area contributed by atoms with Gasteiger partial charge in [0.25, 0.3) is 0 Å². The molecule has 5 heteroatoms. The first kappa shape index (κ1) is 12.8. The van der Waals surface area contributed by atoms with E-state index in [0.29, 0.717) is 21.5 Å². The van der Waals surface area contributed by atoms with E-state index in [4.69, 9.17) is 5.73 Å². The van der Waals surface area contributed by atoms with Gasteiger partial charge < -0.3 is 10.5 Å². The fourth-order valence-electron chi connectivity index (χ4n) is 1.11. The number of nitrogens with zero attached hydrogens (tertiary/aromatic N) is 1. The van der Waals surface area contributed by atoms with Gasteiger partial charge in [-0.05, 0) is 12.5 Å². The summed E-state index contributed by atoms with van der Waals surface area (Å²) in [5.41, 5.74) is 6.66. The summed E-state index contributed by atoms with van der Waals surface area (Å²) in [6.07, 6.45) is 2.60. The number of rotatable bonds is 4. The first-order chi connectivity index (χ1) is 7.60. The molecule has 1 atom stereocenters. The summed E-state index contributed by atoms with van der Waals surface area (Å²) in [6, 6.07) is 1.57. The number of ether oxygens (including phenoxy) is 1. The van der Waals surface area contributed by atoms with Crippen molar-refractivity contribution in [3.63, 3.8) is 0 Å². The minimum atomic E-state index is -0.425. The maximum atomic E-state index is 11.4. The number of nitrogen functional groups attached to an aromatic ring is 1. The highest BCUT2D eigenvalue weighted by atomic mass is 32.2. The standard InChI is InChI=1S/C11H16N2O2S/c1-4-7(2)16-10-9(12)8(5-6-13-10)11(14)15-3/h5-7H,4,12H2,1-3H3. The van der Waals surface area contributed by atoms with Crippen LogP contribution in [0.25, 0.3) is 0 Å². The summed E-state index contributed by atoms with van der Waals surface area (Å²) in [6.45, 7) is 4.19. The smallest absolute Gasteiger partial charge is 0.340 e. The molecule has 0 saturated heterocycles. The molecule has 1 unspecified atom stereocenters. The predicted octanol–water partition coefficient (Wildman–Crippen LogP) is 2.34. The number of aromatic nitrogens is 1. The Kier molecular flexibility index (Phi) is 4.61. The van der Waals surface area contributed by atoms with Crippen molar-refractivity contribution in [3.05, 3.63) is 17.8 Å². The number of pyridine rings is 1. The lowest BCUT2D eigenvalue weighted by Gasteiger charge is -2.11. The van der Waals surface area contributed by atoms with Gasteiger partial charge in [0.15, 0.2) is 0 Å². The molecule has 0 aliphatic carbocycles. The van der Waals surface area contributed by atoms with Crippen molar-refractivity contribution < 1.29 is 9.53 Å². The summed E-state index contributed by atoms with van der Waals surface area (Å²) < 4.78 is 4.65. The molecule has 4 nitrogen and oxygen atoms in total. The van der Waals surface area contributed by atoms with E-state index >= 15 is 0 Å². The minimum absolute atomic E-state index is 0.378. The number of esters is 1. The van der Waals surface area contributed by atoms with E-state index in [9.17, 15) is 4.79 Å². The van der Waals surface area contributed by atoms with Crippen molar-refractivity contribution in [2.75, 3.05) is 12.8 Å². The molecule has 0 aliphatic rings. The molecule has 2 N–H and O–H groups in total. The van der Waals surface area contributed by atoms with Crippen LogP contribution in [0.3, 0.4) is 0 Å². The molecule has 0 amide bonds. The lowest BCUT2D eigenvalue weighted by Crippen LogP contribution is -2.08. The molecule has 0 saturated carbocycles. The second kappa shape index (κ2) is 5.75. The molecule has 1 aromatic rings. The summed E-state index contributed by atoms with van der Waals surface area (Å²) in [4.78, 5) is 15.6. The third kappa shape index (κ3) is 2.88. The summed E-state index contributed by atoms with van der Waals surface area (Å²) in [7, 11) is 1.34. The van der Waals surface area contributed by atoms with Crippen LogP contribution in [0.1, 0.15) is 30.6 Å². The second-order valence-corrected chi connectivity index (χ2v) is 4.83. The Balaban J connectivity index is 2.99. The second-order valence-electron chi connectivity index (χ2n) is 3.41. The average molecular weight is 240 g/mol. The predicted molar refractivity (Wildman–Crippen MR) is 65.6 cm³/mol. The van der Waals surface area contributed by atoms with Crippen molar-refractivity contribution in [3.8, 4) is 0 Å². The molecule has 1 heterocycles. The molecule has 0 aromatic carbocycles. The van der Waals surface area contributed by atoms with Gasteiger partial charge in [-0.3, -0.25) is 0 Å². The highest BCUT2D eigenvalue weighted by Gasteiger charge is 2.15. The van der Waals surface area contributed by atoms with Gasteiger partial charge >= 0.3 is 5.97 Å². The summed E-state index contributed by atoms with van der Waals surface area (Å²) in [5.74, 6) is -0.425. The van der Waals surface area contributed by atoms with E-state index in [0.717, 1.165) is 6.42 Å². The topological polar surface area (TPSA) is 65.2 Å². The molecule has 0 radical (unpaired) electrons. The molecule has 0 bridgehead atoms. The van der Waals surface area contributed by atoms with Gasteiger partial charge in [0, 0.05) is 11.4 Å². The van der Waals surface area contributed by atoms with E-state index in [-0.39, 0.29) is 0 Å². The third-order valence-electron chi connectivity index (χ3n) is 2.25. The van der Waals surface area contributed by atoms with E-state index in [2.05, 4.69) is 23.6 Å². The Morgan fingerprint density at radius 3 is 2.94 bits per heavy atom. The highest BCUT2D eigenvalue weighted by molar-refractivity contribution is 8.00. The number of anilines is 1. The molecule has 0 spiro atoms. The number of carbonyl (C=O) groups is 1. The van der Waals surface area contributed by atoms with Crippen LogP contribution in [0.4, 0.5) is 5.69 Å². The van der Waals surface area contributed by atoms with Crippen LogP contribution < -0.4 is 5.73 Å². The number of thioether (sulfide) groups is 1. The zero-order chi connectivity index (χ0) is 12.1. The third-order valence-corrected chi connectivity index (χ3v) is 3.53. The lowest BCUT2D eigenvalue weighted by molar-refractivity contribution is 0.0601. The van der Waals surface area contributed by atoms with Gasteiger partial charge in [-0.1, -0.05) is 13.8 Å². The molecule has 16 heavy (non-hydrogen) atoms. The molecule has 1 rings (SSSR count). The average Bonchev–Trinajstić information content (AvgIpc) is 2.30. The van der Waals surface area contributed by atoms with E-state index < -0.39 is 5.97 Å². The SMILES string of the molecule is CCC(C)Sc1nccc(C(=O)OC)c1N. The fourth-order valence-corrected chi connectivity index (χ4v) is 2.02. The molecule has 88 valence electrons. The number of carbonyl (C=O) groups excluding carboxylic acids is 1. The van der Waals surface area contributed by atoms with Crippen LogP contribution in [0.5, 0.6) is 0 Å². The maximum absolute atomic E-state index is 11.4. The fraction of sp³-hybridized carbons (Fsp3) is 0.455. The Morgan fingerprint density at radius 2 is 2.38 bits per heavy atom. The van der Waals surface area contributed by atoms with Crippen LogP contribution in [0.15, 0.2) is 17.3 Å². The number of methoxy groups -OCH3 is 1. The Morgan fingerprint density at radius 1 is 1.69 bits per heavy atom. The zero-order valence-corrected chi connectivity index (χ0v) is 10.5. The highest BCUT2D eigenvalue weighted by Crippen LogP contribution is 2.30. The van der Waals surface area contributed by atoms with Crippen molar-refractivity contribution >= 4 is 23.4 Å². The van der Waals surface area contributed by atoms with Crippen LogP contribution in [0.2, 0.25) is 0 Å². The number of nitrogens with two attached hydrogens (primary N) is 1. The lowest BCUT2D eigenvalue weighted by atomic mass is 10.2. The van der Waals surface area contributed by atoms with Gasteiger partial charge in [0.05, 0.1) is 18.4 Å². The van der Waals surface area contributed by atoms with Gasteiger partial charge in [-0.2, -0.15) is 0 Å². The molecule has 0 aliphatic heterocycles. The first-order valence-corrected chi connectivity index (χ1v) is 5.97. The normalized spacial score (nSPS) is 12.2. The van der Waals surface area contributed by atoms with Crippen LogP contribution in [0, 0.1) is 0 Å². The Hall–Kier alpha value is -1.23. The molecule has 0 fully saturated rings. The minimum Gasteiger partial charge on any atom is -0.465 e.